The van der Waals surface area contributed by atoms with Crippen LogP contribution in [0.2, 0.25) is 0 Å². The molecule has 1 saturated heterocycles. The number of Topliss-reactive ketones (excluding diaryl/α,β-unsaturated/α-hetero) is 1. The molecule has 132 valence electrons. The van der Waals surface area contributed by atoms with Crippen molar-refractivity contribution in [2.24, 2.45) is 0 Å². The summed E-state index contributed by atoms with van der Waals surface area (Å²) in [7, 11) is 1.57. The first kappa shape index (κ1) is 16.2. The minimum Gasteiger partial charge on any atom is -0.497 e. The highest BCUT2D eigenvalue weighted by Crippen LogP contribution is 2.50. The Balaban J connectivity index is 1.87. The van der Waals surface area contributed by atoms with Gasteiger partial charge in [-0.15, -0.1) is 0 Å². The summed E-state index contributed by atoms with van der Waals surface area (Å²) in [6.07, 6.45) is 2.91. The maximum Gasteiger partial charge on any atom is 0.308 e. The number of carbonyl (C=O) groups excluding carboxylic acids is 2. The molecule has 26 heavy (non-hydrogen) atoms. The fourth-order valence-electron chi connectivity index (χ4n) is 3.41. The van der Waals surface area contributed by atoms with Gasteiger partial charge in [0, 0.05) is 5.92 Å². The predicted molar refractivity (Wildman–Crippen MR) is 89.9 cm³/mol. The van der Waals surface area contributed by atoms with Gasteiger partial charge in [0.25, 0.3) is 0 Å². The first-order valence-corrected chi connectivity index (χ1v) is 8.13. The van der Waals surface area contributed by atoms with Crippen molar-refractivity contribution in [1.82, 2.24) is 0 Å². The van der Waals surface area contributed by atoms with E-state index in [0.29, 0.717) is 5.75 Å². The number of carbonyl (C=O) groups is 2. The summed E-state index contributed by atoms with van der Waals surface area (Å²) in [5.74, 6) is -0.420. The second-order valence-corrected chi connectivity index (χ2v) is 6.02. The lowest BCUT2D eigenvalue weighted by Crippen LogP contribution is -2.40. The third-order valence-corrected chi connectivity index (χ3v) is 4.62. The molecule has 1 aliphatic rings. The van der Waals surface area contributed by atoms with Crippen molar-refractivity contribution < 1.29 is 27.9 Å². The summed E-state index contributed by atoms with van der Waals surface area (Å²) in [4.78, 5) is 25.6. The van der Waals surface area contributed by atoms with Crippen LogP contribution in [0.15, 0.2) is 69.9 Å². The first-order valence-electron chi connectivity index (χ1n) is 8.13. The van der Waals surface area contributed by atoms with Crippen LogP contribution in [0, 0.1) is 0 Å². The van der Waals surface area contributed by atoms with E-state index < -0.39 is 23.3 Å². The maximum absolute atomic E-state index is 13.3. The number of esters is 1. The molecule has 0 saturated carbocycles. The molecule has 0 unspecified atom stereocenters. The SMILES string of the molecule is COc1ccc([C@H]2CC(=O)O[C@]2(C(=O)c2ccco2)c2ccco2)cc1. The fourth-order valence-corrected chi connectivity index (χ4v) is 3.41. The van der Waals surface area contributed by atoms with E-state index in [1.54, 1.807) is 43.5 Å². The minimum atomic E-state index is -1.60. The second kappa shape index (κ2) is 6.22. The number of methoxy groups -OCH3 is 1. The van der Waals surface area contributed by atoms with Crippen LogP contribution in [0.5, 0.6) is 5.75 Å². The zero-order valence-corrected chi connectivity index (χ0v) is 14.0. The average Bonchev–Trinajstić information content (AvgIpc) is 3.41. The highest BCUT2D eigenvalue weighted by atomic mass is 16.6. The molecule has 0 bridgehead atoms. The standard InChI is InChI=1S/C20H16O6/c1-23-14-8-6-13(7-9-14)15-12-18(21)26-20(15,17-5-3-11-25-17)19(22)16-4-2-10-24-16/h2-11,15H,12H2,1H3/t15-,20+/m1/s1. The second-order valence-electron chi connectivity index (χ2n) is 6.02. The number of cyclic esters (lactones) is 1. The minimum absolute atomic E-state index is 0.0550. The fraction of sp³-hybridized carbons (Fsp3) is 0.200. The molecule has 3 aromatic rings. The van der Waals surface area contributed by atoms with Crippen LogP contribution in [0.25, 0.3) is 0 Å². The van der Waals surface area contributed by atoms with Gasteiger partial charge < -0.3 is 18.3 Å². The first-order chi connectivity index (χ1) is 12.6. The number of hydrogen-bond acceptors (Lipinski definition) is 6. The van der Waals surface area contributed by atoms with E-state index in [1.807, 2.05) is 12.1 Å². The normalized spacial score (nSPS) is 22.2. The largest absolute Gasteiger partial charge is 0.497 e. The van der Waals surface area contributed by atoms with Gasteiger partial charge in [0.2, 0.25) is 11.4 Å². The summed E-state index contributed by atoms with van der Waals surface area (Å²) in [5.41, 5.74) is -0.833. The van der Waals surface area contributed by atoms with Crippen LogP contribution in [-0.2, 0) is 15.1 Å². The van der Waals surface area contributed by atoms with E-state index >= 15 is 0 Å². The summed E-state index contributed by atoms with van der Waals surface area (Å²) in [6, 6.07) is 13.6. The highest BCUT2D eigenvalue weighted by molar-refractivity contribution is 6.04. The Labute approximate surface area is 149 Å². The third kappa shape index (κ3) is 2.42. The molecule has 6 nitrogen and oxygen atoms in total. The Morgan fingerprint density at radius 1 is 1.08 bits per heavy atom. The van der Waals surface area contributed by atoms with Crippen molar-refractivity contribution in [2.75, 3.05) is 7.11 Å². The number of ketones is 1. The number of benzene rings is 1. The molecule has 0 amide bonds. The van der Waals surface area contributed by atoms with Gasteiger partial charge >= 0.3 is 5.97 Å². The maximum atomic E-state index is 13.3. The van der Waals surface area contributed by atoms with Gasteiger partial charge in [0.15, 0.2) is 11.5 Å². The van der Waals surface area contributed by atoms with E-state index in [2.05, 4.69) is 0 Å². The third-order valence-electron chi connectivity index (χ3n) is 4.62. The zero-order valence-electron chi connectivity index (χ0n) is 14.0. The van der Waals surface area contributed by atoms with Gasteiger partial charge in [-0.25, -0.2) is 0 Å². The summed E-state index contributed by atoms with van der Waals surface area (Å²) < 4.78 is 21.6. The van der Waals surface area contributed by atoms with Crippen LogP contribution in [0.3, 0.4) is 0 Å². The average molecular weight is 352 g/mol. The Kier molecular flexibility index (Phi) is 3.88. The Bertz CT molecular complexity index is 908. The molecule has 3 heterocycles. The van der Waals surface area contributed by atoms with Crippen LogP contribution in [0.4, 0.5) is 0 Å². The van der Waals surface area contributed by atoms with Gasteiger partial charge in [0.1, 0.15) is 5.75 Å². The summed E-state index contributed by atoms with van der Waals surface area (Å²) in [6.45, 7) is 0. The number of ether oxygens (including phenoxy) is 2. The molecule has 1 aliphatic heterocycles. The van der Waals surface area contributed by atoms with Gasteiger partial charge in [-0.3, -0.25) is 9.59 Å². The number of furan rings is 2. The lowest BCUT2D eigenvalue weighted by Gasteiger charge is -2.29. The van der Waals surface area contributed by atoms with E-state index in [-0.39, 0.29) is 17.9 Å². The quantitative estimate of drug-likeness (QED) is 0.515. The lowest BCUT2D eigenvalue weighted by atomic mass is 9.76. The molecule has 1 fully saturated rings. The van der Waals surface area contributed by atoms with E-state index in [1.165, 1.54) is 12.5 Å². The van der Waals surface area contributed by atoms with Crippen LogP contribution in [0.1, 0.15) is 34.2 Å². The molecule has 0 spiro atoms. The van der Waals surface area contributed by atoms with Crippen molar-refractivity contribution in [3.05, 3.63) is 78.1 Å². The molecule has 0 radical (unpaired) electrons. The van der Waals surface area contributed by atoms with Crippen LogP contribution in [-0.4, -0.2) is 18.9 Å². The van der Waals surface area contributed by atoms with Crippen LogP contribution < -0.4 is 4.74 Å². The Morgan fingerprint density at radius 3 is 2.42 bits per heavy atom. The molecule has 0 aliphatic carbocycles. The zero-order chi connectivity index (χ0) is 18.1. The summed E-state index contributed by atoms with van der Waals surface area (Å²) >= 11 is 0. The molecule has 2 aromatic heterocycles. The van der Waals surface area contributed by atoms with Gasteiger partial charge in [-0.1, -0.05) is 12.1 Å². The van der Waals surface area contributed by atoms with Crippen molar-refractivity contribution in [2.45, 2.75) is 17.9 Å². The van der Waals surface area contributed by atoms with Crippen molar-refractivity contribution in [3.8, 4) is 5.75 Å². The van der Waals surface area contributed by atoms with Crippen molar-refractivity contribution >= 4 is 11.8 Å². The van der Waals surface area contributed by atoms with E-state index in [0.717, 1.165) is 5.56 Å². The Morgan fingerprint density at radius 2 is 1.81 bits per heavy atom. The van der Waals surface area contributed by atoms with Gasteiger partial charge in [-0.05, 0) is 42.0 Å². The molecule has 1 aromatic carbocycles. The topological polar surface area (TPSA) is 78.9 Å². The number of rotatable bonds is 5. The van der Waals surface area contributed by atoms with Gasteiger partial charge in [0.05, 0.1) is 26.1 Å². The predicted octanol–water partition coefficient (Wildman–Crippen LogP) is 3.69. The monoisotopic (exact) mass is 352 g/mol. The van der Waals surface area contributed by atoms with E-state index in [4.69, 9.17) is 18.3 Å². The smallest absolute Gasteiger partial charge is 0.308 e. The molecule has 4 rings (SSSR count). The van der Waals surface area contributed by atoms with Gasteiger partial charge in [-0.2, -0.15) is 0 Å². The molecular formula is C20H16O6. The number of hydrogen-bond donors (Lipinski definition) is 0. The van der Waals surface area contributed by atoms with Crippen molar-refractivity contribution in [1.29, 1.82) is 0 Å². The summed E-state index contributed by atoms with van der Waals surface area (Å²) in [5, 5.41) is 0. The molecule has 6 heteroatoms. The Hall–Kier alpha value is -3.28. The molecular weight excluding hydrogens is 336 g/mol. The van der Waals surface area contributed by atoms with Crippen LogP contribution >= 0.6 is 0 Å². The van der Waals surface area contributed by atoms with E-state index in [9.17, 15) is 9.59 Å². The van der Waals surface area contributed by atoms with Crippen molar-refractivity contribution in [3.63, 3.8) is 0 Å². The molecule has 2 atom stereocenters. The highest BCUT2D eigenvalue weighted by Gasteiger charge is 2.59. The lowest BCUT2D eigenvalue weighted by molar-refractivity contribution is -0.147. The molecule has 0 N–H and O–H groups in total.